The summed E-state index contributed by atoms with van der Waals surface area (Å²) in [7, 11) is 1.72. The molecule has 0 fully saturated rings. The summed E-state index contributed by atoms with van der Waals surface area (Å²) in [5.41, 5.74) is 7.34. The largest absolute Gasteiger partial charge is 0.449 e. The fraction of sp³-hybridized carbons (Fsp3) is 0.462. The number of carbonyl (C=O) groups is 1. The summed E-state index contributed by atoms with van der Waals surface area (Å²) in [5, 5.41) is 0. The molecule has 0 unspecified atom stereocenters. The summed E-state index contributed by atoms with van der Waals surface area (Å²) in [6.45, 7) is 4.99. The quantitative estimate of drug-likeness (QED) is 0.817. The Kier molecular flexibility index (Phi) is 4.82. The molecule has 4 nitrogen and oxygen atoms in total. The summed E-state index contributed by atoms with van der Waals surface area (Å²) >= 11 is 0. The predicted octanol–water partition coefficient (Wildman–Crippen LogP) is 2.49. The minimum absolute atomic E-state index is 0.296. The van der Waals surface area contributed by atoms with Gasteiger partial charge in [0, 0.05) is 19.3 Å². The number of nitrogen functional groups attached to an aromatic ring is 1. The van der Waals surface area contributed by atoms with Crippen LogP contribution in [0.2, 0.25) is 0 Å². The van der Waals surface area contributed by atoms with Crippen molar-refractivity contribution in [3.8, 4) is 0 Å². The SMILES string of the molecule is CC(C)COC(=O)N(C)Cc1ccc(N)cc1. The van der Waals surface area contributed by atoms with Gasteiger partial charge in [-0.15, -0.1) is 0 Å². The highest BCUT2D eigenvalue weighted by molar-refractivity contribution is 5.67. The minimum atomic E-state index is -0.296. The topological polar surface area (TPSA) is 55.6 Å². The fourth-order valence-electron chi connectivity index (χ4n) is 1.31. The number of nitrogens with zero attached hydrogens (tertiary/aromatic N) is 1. The Labute approximate surface area is 102 Å². The monoisotopic (exact) mass is 236 g/mol. The van der Waals surface area contributed by atoms with Crippen molar-refractivity contribution in [2.45, 2.75) is 20.4 Å². The Morgan fingerprint density at radius 1 is 1.35 bits per heavy atom. The van der Waals surface area contributed by atoms with Crippen LogP contribution in [0.5, 0.6) is 0 Å². The summed E-state index contributed by atoms with van der Waals surface area (Å²) < 4.78 is 5.12. The summed E-state index contributed by atoms with van der Waals surface area (Å²) in [5.74, 6) is 0.351. The van der Waals surface area contributed by atoms with Gasteiger partial charge >= 0.3 is 6.09 Å². The van der Waals surface area contributed by atoms with Crippen LogP contribution in [0.1, 0.15) is 19.4 Å². The van der Waals surface area contributed by atoms with Crippen LogP contribution in [0.4, 0.5) is 10.5 Å². The van der Waals surface area contributed by atoms with Crippen LogP contribution >= 0.6 is 0 Å². The normalized spacial score (nSPS) is 10.4. The van der Waals surface area contributed by atoms with Crippen molar-refractivity contribution in [3.05, 3.63) is 29.8 Å². The smallest absolute Gasteiger partial charge is 0.409 e. The van der Waals surface area contributed by atoms with E-state index in [2.05, 4.69) is 0 Å². The van der Waals surface area contributed by atoms with Crippen molar-refractivity contribution in [1.29, 1.82) is 0 Å². The molecule has 0 heterocycles. The van der Waals surface area contributed by atoms with Crippen LogP contribution in [0.25, 0.3) is 0 Å². The van der Waals surface area contributed by atoms with E-state index < -0.39 is 0 Å². The van der Waals surface area contributed by atoms with Crippen molar-refractivity contribution in [2.75, 3.05) is 19.4 Å². The van der Waals surface area contributed by atoms with Gasteiger partial charge in [-0.1, -0.05) is 26.0 Å². The number of ether oxygens (including phenoxy) is 1. The number of carbonyl (C=O) groups excluding carboxylic acids is 1. The summed E-state index contributed by atoms with van der Waals surface area (Å²) in [6, 6.07) is 7.45. The van der Waals surface area contributed by atoms with E-state index in [0.29, 0.717) is 19.1 Å². The lowest BCUT2D eigenvalue weighted by molar-refractivity contribution is 0.0980. The third-order valence-corrected chi connectivity index (χ3v) is 2.25. The highest BCUT2D eigenvalue weighted by Gasteiger charge is 2.10. The van der Waals surface area contributed by atoms with Gasteiger partial charge in [-0.05, 0) is 23.6 Å². The molecule has 0 aliphatic heterocycles. The molecule has 1 amide bonds. The molecule has 0 spiro atoms. The van der Waals surface area contributed by atoms with Gasteiger partial charge in [0.05, 0.1) is 6.61 Å². The Balaban J connectivity index is 2.45. The van der Waals surface area contributed by atoms with Crippen LogP contribution in [0.3, 0.4) is 0 Å². The van der Waals surface area contributed by atoms with Gasteiger partial charge in [0.25, 0.3) is 0 Å². The molecule has 0 saturated carbocycles. The molecule has 0 aliphatic rings. The molecule has 2 N–H and O–H groups in total. The van der Waals surface area contributed by atoms with Crippen molar-refractivity contribution < 1.29 is 9.53 Å². The average molecular weight is 236 g/mol. The maximum absolute atomic E-state index is 11.6. The van der Waals surface area contributed by atoms with E-state index in [0.717, 1.165) is 11.3 Å². The van der Waals surface area contributed by atoms with Crippen molar-refractivity contribution >= 4 is 11.8 Å². The first kappa shape index (κ1) is 13.4. The Morgan fingerprint density at radius 3 is 2.47 bits per heavy atom. The lowest BCUT2D eigenvalue weighted by atomic mass is 10.2. The molecular formula is C13H20N2O2. The van der Waals surface area contributed by atoms with Gasteiger partial charge in [0.15, 0.2) is 0 Å². The Hall–Kier alpha value is -1.71. The van der Waals surface area contributed by atoms with Crippen LogP contribution in [0.15, 0.2) is 24.3 Å². The lowest BCUT2D eigenvalue weighted by Crippen LogP contribution is -2.28. The molecule has 4 heteroatoms. The number of hydrogen-bond acceptors (Lipinski definition) is 3. The van der Waals surface area contributed by atoms with E-state index in [1.165, 1.54) is 0 Å². The first-order valence-corrected chi connectivity index (χ1v) is 5.71. The highest BCUT2D eigenvalue weighted by Crippen LogP contribution is 2.08. The van der Waals surface area contributed by atoms with Crippen molar-refractivity contribution in [1.82, 2.24) is 4.90 Å². The van der Waals surface area contributed by atoms with E-state index in [1.807, 2.05) is 38.1 Å². The lowest BCUT2D eigenvalue weighted by Gasteiger charge is -2.18. The van der Waals surface area contributed by atoms with Gasteiger partial charge in [0.1, 0.15) is 0 Å². The first-order valence-electron chi connectivity index (χ1n) is 5.71. The van der Waals surface area contributed by atoms with Gasteiger partial charge in [-0.25, -0.2) is 4.79 Å². The molecule has 0 saturated heterocycles. The number of hydrogen-bond donors (Lipinski definition) is 1. The molecule has 1 aromatic carbocycles. The standard InChI is InChI=1S/C13H20N2O2/c1-10(2)9-17-13(16)15(3)8-11-4-6-12(14)7-5-11/h4-7,10H,8-9,14H2,1-3H3. The van der Waals surface area contributed by atoms with E-state index in [4.69, 9.17) is 10.5 Å². The third kappa shape index (κ3) is 4.76. The zero-order valence-corrected chi connectivity index (χ0v) is 10.6. The number of amides is 1. The number of rotatable bonds is 4. The van der Waals surface area contributed by atoms with Gasteiger partial charge in [0.2, 0.25) is 0 Å². The molecule has 17 heavy (non-hydrogen) atoms. The Bertz CT molecular complexity index is 360. The van der Waals surface area contributed by atoms with Gasteiger partial charge < -0.3 is 15.4 Å². The molecular weight excluding hydrogens is 216 g/mol. The van der Waals surface area contributed by atoms with E-state index in [1.54, 1.807) is 11.9 Å². The number of benzene rings is 1. The fourth-order valence-corrected chi connectivity index (χ4v) is 1.31. The molecule has 1 rings (SSSR count). The first-order chi connectivity index (χ1) is 7.99. The summed E-state index contributed by atoms with van der Waals surface area (Å²) in [4.78, 5) is 13.1. The Morgan fingerprint density at radius 2 is 1.94 bits per heavy atom. The minimum Gasteiger partial charge on any atom is -0.449 e. The van der Waals surface area contributed by atoms with Crippen LogP contribution < -0.4 is 5.73 Å². The number of nitrogens with two attached hydrogens (primary N) is 1. The average Bonchev–Trinajstić information content (AvgIpc) is 2.28. The molecule has 0 aliphatic carbocycles. The second-order valence-electron chi connectivity index (χ2n) is 4.57. The summed E-state index contributed by atoms with van der Waals surface area (Å²) in [6.07, 6.45) is -0.296. The molecule has 0 bridgehead atoms. The molecule has 0 aromatic heterocycles. The van der Waals surface area contributed by atoms with Gasteiger partial charge in [-0.3, -0.25) is 0 Å². The second-order valence-corrected chi connectivity index (χ2v) is 4.57. The van der Waals surface area contributed by atoms with Gasteiger partial charge in [-0.2, -0.15) is 0 Å². The maximum atomic E-state index is 11.6. The second kappa shape index (κ2) is 6.13. The third-order valence-electron chi connectivity index (χ3n) is 2.25. The van der Waals surface area contributed by atoms with Crippen molar-refractivity contribution in [2.24, 2.45) is 5.92 Å². The molecule has 0 atom stereocenters. The predicted molar refractivity (Wildman–Crippen MR) is 68.5 cm³/mol. The van der Waals surface area contributed by atoms with E-state index >= 15 is 0 Å². The van der Waals surface area contributed by atoms with E-state index in [9.17, 15) is 4.79 Å². The molecule has 0 radical (unpaired) electrons. The zero-order chi connectivity index (χ0) is 12.8. The zero-order valence-electron chi connectivity index (χ0n) is 10.6. The molecule has 94 valence electrons. The van der Waals surface area contributed by atoms with Crippen LogP contribution in [-0.4, -0.2) is 24.6 Å². The van der Waals surface area contributed by atoms with E-state index in [-0.39, 0.29) is 6.09 Å². The number of anilines is 1. The van der Waals surface area contributed by atoms with Crippen LogP contribution in [-0.2, 0) is 11.3 Å². The maximum Gasteiger partial charge on any atom is 0.409 e. The van der Waals surface area contributed by atoms with Crippen molar-refractivity contribution in [3.63, 3.8) is 0 Å². The van der Waals surface area contributed by atoms with Crippen LogP contribution in [0, 0.1) is 5.92 Å². The highest BCUT2D eigenvalue weighted by atomic mass is 16.6. The molecule has 1 aromatic rings.